The maximum Gasteiger partial charge on any atom is 0.225 e. The topological polar surface area (TPSA) is 50.7 Å². The van der Waals surface area contributed by atoms with Gasteiger partial charge >= 0.3 is 0 Å². The van der Waals surface area contributed by atoms with Gasteiger partial charge in [-0.25, -0.2) is 9.97 Å². The fraction of sp³-hybridized carbons (Fsp3) is 0.474. The van der Waals surface area contributed by atoms with Crippen LogP contribution in [0.15, 0.2) is 30.5 Å². The van der Waals surface area contributed by atoms with Crippen molar-refractivity contribution in [3.05, 3.63) is 41.7 Å². The molecule has 25 heavy (non-hydrogen) atoms. The van der Waals surface area contributed by atoms with Gasteiger partial charge in [0.25, 0.3) is 0 Å². The van der Waals surface area contributed by atoms with Gasteiger partial charge in [-0.15, -0.1) is 0 Å². The van der Waals surface area contributed by atoms with Gasteiger partial charge < -0.3 is 14.4 Å². The summed E-state index contributed by atoms with van der Waals surface area (Å²) >= 11 is 0. The van der Waals surface area contributed by atoms with E-state index in [1.165, 1.54) is 12.0 Å². The van der Waals surface area contributed by atoms with Crippen molar-refractivity contribution in [1.29, 1.82) is 0 Å². The summed E-state index contributed by atoms with van der Waals surface area (Å²) in [6.07, 6.45) is 4.12. The second kappa shape index (κ2) is 7.70. The molecule has 6 nitrogen and oxygen atoms in total. The van der Waals surface area contributed by atoms with E-state index in [0.717, 1.165) is 42.7 Å². The summed E-state index contributed by atoms with van der Waals surface area (Å²) in [5.74, 6) is 2.44. The molecule has 0 saturated carbocycles. The fourth-order valence-corrected chi connectivity index (χ4v) is 3.36. The minimum Gasteiger partial charge on any atom is -0.497 e. The van der Waals surface area contributed by atoms with Crippen LogP contribution in [0, 0.1) is 0 Å². The molecule has 0 amide bonds. The minimum atomic E-state index is 0.332. The van der Waals surface area contributed by atoms with Crippen molar-refractivity contribution in [1.82, 2.24) is 14.9 Å². The second-order valence-electron chi connectivity index (χ2n) is 6.48. The molecule has 1 atom stereocenters. The highest BCUT2D eigenvalue weighted by atomic mass is 16.5. The van der Waals surface area contributed by atoms with Crippen LogP contribution in [0.3, 0.4) is 0 Å². The van der Waals surface area contributed by atoms with Gasteiger partial charge in [0.05, 0.1) is 19.9 Å². The summed E-state index contributed by atoms with van der Waals surface area (Å²) < 4.78 is 10.9. The summed E-state index contributed by atoms with van der Waals surface area (Å²) in [6.45, 7) is 1.87. The third-order valence-corrected chi connectivity index (χ3v) is 4.63. The first kappa shape index (κ1) is 17.5. The van der Waals surface area contributed by atoms with Crippen LogP contribution in [0.25, 0.3) is 0 Å². The third-order valence-electron chi connectivity index (χ3n) is 4.63. The molecule has 1 aliphatic rings. The van der Waals surface area contributed by atoms with Crippen molar-refractivity contribution >= 4 is 5.95 Å². The summed E-state index contributed by atoms with van der Waals surface area (Å²) in [7, 11) is 7.30. The molecule has 0 bridgehead atoms. The van der Waals surface area contributed by atoms with Crippen molar-refractivity contribution in [3.63, 3.8) is 0 Å². The monoisotopic (exact) mass is 342 g/mol. The average Bonchev–Trinajstić information content (AvgIpc) is 3.09. The maximum atomic E-state index is 5.61. The van der Waals surface area contributed by atoms with Crippen molar-refractivity contribution in [2.45, 2.75) is 25.4 Å². The van der Waals surface area contributed by atoms with Gasteiger partial charge in [-0.05, 0) is 31.5 Å². The van der Waals surface area contributed by atoms with Crippen LogP contribution in [0.2, 0.25) is 0 Å². The fourth-order valence-electron chi connectivity index (χ4n) is 3.36. The van der Waals surface area contributed by atoms with E-state index >= 15 is 0 Å². The molecule has 0 N–H and O–H groups in total. The van der Waals surface area contributed by atoms with E-state index in [1.54, 1.807) is 14.2 Å². The highest BCUT2D eigenvalue weighted by molar-refractivity contribution is 5.43. The zero-order valence-electron chi connectivity index (χ0n) is 15.4. The molecule has 6 heteroatoms. The molecule has 0 aliphatic carbocycles. The molecule has 0 spiro atoms. The van der Waals surface area contributed by atoms with Gasteiger partial charge in [0, 0.05) is 44.5 Å². The van der Waals surface area contributed by atoms with Crippen molar-refractivity contribution < 1.29 is 9.47 Å². The standard InChI is InChI=1S/C19H26N4O2/c1-22(2)19-20-10-9-14(21-19)13-23-11-5-6-17(23)16-8-7-15(24-3)12-18(16)25-4/h7-10,12,17H,5-6,11,13H2,1-4H3/t17-/m0/s1. The van der Waals surface area contributed by atoms with Crippen LogP contribution in [0.5, 0.6) is 11.5 Å². The maximum absolute atomic E-state index is 5.61. The summed E-state index contributed by atoms with van der Waals surface area (Å²) in [5.41, 5.74) is 2.25. The Morgan fingerprint density at radius 2 is 2.04 bits per heavy atom. The van der Waals surface area contributed by atoms with E-state index in [2.05, 4.69) is 20.9 Å². The largest absolute Gasteiger partial charge is 0.497 e. The molecular weight excluding hydrogens is 316 g/mol. The molecular formula is C19H26N4O2. The van der Waals surface area contributed by atoms with E-state index < -0.39 is 0 Å². The molecule has 1 saturated heterocycles. The molecule has 1 fully saturated rings. The zero-order valence-corrected chi connectivity index (χ0v) is 15.4. The smallest absolute Gasteiger partial charge is 0.225 e. The van der Waals surface area contributed by atoms with Gasteiger partial charge in [-0.1, -0.05) is 6.07 Å². The number of hydrogen-bond donors (Lipinski definition) is 0. The lowest BCUT2D eigenvalue weighted by Crippen LogP contribution is -2.24. The van der Waals surface area contributed by atoms with E-state index in [4.69, 9.17) is 9.47 Å². The Bertz CT molecular complexity index is 720. The lowest BCUT2D eigenvalue weighted by Gasteiger charge is -2.26. The number of methoxy groups -OCH3 is 2. The average molecular weight is 342 g/mol. The molecule has 2 heterocycles. The number of anilines is 1. The number of benzene rings is 1. The molecule has 1 aromatic heterocycles. The van der Waals surface area contributed by atoms with E-state index in [0.29, 0.717) is 6.04 Å². The van der Waals surface area contributed by atoms with Gasteiger partial charge in [-0.3, -0.25) is 4.90 Å². The summed E-state index contributed by atoms with van der Waals surface area (Å²) in [4.78, 5) is 13.3. The minimum absolute atomic E-state index is 0.332. The number of hydrogen-bond acceptors (Lipinski definition) is 6. The SMILES string of the molecule is COc1ccc([C@@H]2CCCN2Cc2ccnc(N(C)C)n2)c(OC)c1. The predicted octanol–water partition coefficient (Wildman–Crippen LogP) is 2.90. The Morgan fingerprint density at radius 3 is 2.76 bits per heavy atom. The molecule has 2 aromatic rings. The van der Waals surface area contributed by atoms with Gasteiger partial charge in [0.1, 0.15) is 11.5 Å². The van der Waals surface area contributed by atoms with E-state index in [-0.39, 0.29) is 0 Å². The summed E-state index contributed by atoms with van der Waals surface area (Å²) in [5, 5.41) is 0. The normalized spacial score (nSPS) is 17.5. The lowest BCUT2D eigenvalue weighted by molar-refractivity contribution is 0.240. The first-order valence-corrected chi connectivity index (χ1v) is 8.57. The van der Waals surface area contributed by atoms with Crippen LogP contribution in [0.1, 0.15) is 30.1 Å². The Balaban J connectivity index is 1.82. The molecule has 3 rings (SSSR count). The molecule has 134 valence electrons. The third kappa shape index (κ3) is 3.85. The van der Waals surface area contributed by atoms with E-state index in [9.17, 15) is 0 Å². The Kier molecular flexibility index (Phi) is 5.38. The molecule has 1 aromatic carbocycles. The number of ether oxygens (including phenoxy) is 2. The van der Waals surface area contributed by atoms with Gasteiger partial charge in [-0.2, -0.15) is 0 Å². The summed E-state index contributed by atoms with van der Waals surface area (Å²) in [6, 6.07) is 8.40. The molecule has 0 unspecified atom stereocenters. The first-order chi connectivity index (χ1) is 12.1. The molecule has 1 aliphatic heterocycles. The van der Waals surface area contributed by atoms with Crippen molar-refractivity contribution in [2.24, 2.45) is 0 Å². The highest BCUT2D eigenvalue weighted by Crippen LogP contribution is 2.39. The van der Waals surface area contributed by atoms with E-state index in [1.807, 2.05) is 43.4 Å². The number of aromatic nitrogens is 2. The Hall–Kier alpha value is -2.34. The quantitative estimate of drug-likeness (QED) is 0.804. The van der Waals surface area contributed by atoms with Crippen LogP contribution < -0.4 is 14.4 Å². The first-order valence-electron chi connectivity index (χ1n) is 8.57. The van der Waals surface area contributed by atoms with Crippen LogP contribution in [-0.2, 0) is 6.54 Å². The Labute approximate surface area is 149 Å². The second-order valence-corrected chi connectivity index (χ2v) is 6.48. The van der Waals surface area contributed by atoms with Crippen LogP contribution in [0.4, 0.5) is 5.95 Å². The van der Waals surface area contributed by atoms with Crippen LogP contribution in [-0.4, -0.2) is 49.7 Å². The predicted molar refractivity (Wildman–Crippen MR) is 98.3 cm³/mol. The number of likely N-dealkylation sites (tertiary alicyclic amines) is 1. The van der Waals surface area contributed by atoms with Gasteiger partial charge in [0.2, 0.25) is 5.95 Å². The number of nitrogens with zero attached hydrogens (tertiary/aromatic N) is 4. The number of rotatable bonds is 6. The van der Waals surface area contributed by atoms with Gasteiger partial charge in [0.15, 0.2) is 0 Å². The Morgan fingerprint density at radius 1 is 1.20 bits per heavy atom. The van der Waals surface area contributed by atoms with Crippen molar-refractivity contribution in [2.75, 3.05) is 39.8 Å². The zero-order chi connectivity index (χ0) is 17.8. The molecule has 0 radical (unpaired) electrons. The lowest BCUT2D eigenvalue weighted by atomic mass is 10.0. The highest BCUT2D eigenvalue weighted by Gasteiger charge is 2.29. The van der Waals surface area contributed by atoms with Crippen molar-refractivity contribution in [3.8, 4) is 11.5 Å². The van der Waals surface area contributed by atoms with Crippen LogP contribution >= 0.6 is 0 Å².